The molecule has 0 bridgehead atoms. The predicted octanol–water partition coefficient (Wildman–Crippen LogP) is 3.65. The molecule has 1 aromatic rings. The van der Waals surface area contributed by atoms with Crippen LogP contribution < -0.4 is 5.32 Å². The van der Waals surface area contributed by atoms with Crippen LogP contribution in [0.2, 0.25) is 0 Å². The summed E-state index contributed by atoms with van der Waals surface area (Å²) in [5.74, 6) is -0.551. The van der Waals surface area contributed by atoms with Crippen LogP contribution in [-0.2, 0) is 22.6 Å². The van der Waals surface area contributed by atoms with Gasteiger partial charge in [-0.25, -0.2) is 0 Å². The summed E-state index contributed by atoms with van der Waals surface area (Å²) >= 11 is 0. The summed E-state index contributed by atoms with van der Waals surface area (Å²) in [4.78, 5) is 14.0. The van der Waals surface area contributed by atoms with Crippen molar-refractivity contribution in [3.63, 3.8) is 0 Å². The van der Waals surface area contributed by atoms with Crippen LogP contribution in [0.5, 0.6) is 0 Å². The maximum Gasteiger partial charge on any atom is 0.411 e. The third kappa shape index (κ3) is 7.33. The van der Waals surface area contributed by atoms with Crippen LogP contribution in [0, 0.1) is 0 Å². The smallest absolute Gasteiger partial charge is 0.362 e. The Morgan fingerprint density at radius 3 is 2.50 bits per heavy atom. The van der Waals surface area contributed by atoms with Crippen LogP contribution in [0.3, 0.4) is 0 Å². The second kappa shape index (κ2) is 9.92. The quantitative estimate of drug-likeness (QED) is 0.757. The molecule has 0 aliphatic heterocycles. The third-order valence-electron chi connectivity index (χ3n) is 4.71. The second-order valence-corrected chi connectivity index (χ2v) is 6.86. The van der Waals surface area contributed by atoms with Crippen molar-refractivity contribution in [3.05, 3.63) is 35.4 Å². The summed E-state index contributed by atoms with van der Waals surface area (Å²) < 4.78 is 40.4. The van der Waals surface area contributed by atoms with Gasteiger partial charge in [-0.3, -0.25) is 9.69 Å². The predicted molar refractivity (Wildman–Crippen MR) is 93.5 cm³/mol. The molecule has 146 valence electrons. The van der Waals surface area contributed by atoms with Gasteiger partial charge in [-0.2, -0.15) is 13.2 Å². The lowest BCUT2D eigenvalue weighted by Gasteiger charge is -2.31. The summed E-state index contributed by atoms with van der Waals surface area (Å²) in [7, 11) is 2.12. The van der Waals surface area contributed by atoms with E-state index >= 15 is 0 Å². The molecule has 1 N–H and O–H groups in total. The highest BCUT2D eigenvalue weighted by Gasteiger charge is 2.27. The summed E-state index contributed by atoms with van der Waals surface area (Å²) in [6, 6.07) is 8.40. The number of alkyl halides is 3. The molecule has 26 heavy (non-hydrogen) atoms. The van der Waals surface area contributed by atoms with Crippen molar-refractivity contribution in [2.45, 2.75) is 57.4 Å². The number of rotatable bonds is 8. The van der Waals surface area contributed by atoms with Gasteiger partial charge < -0.3 is 10.1 Å². The average molecular weight is 372 g/mol. The molecule has 1 saturated carbocycles. The van der Waals surface area contributed by atoms with Crippen molar-refractivity contribution < 1.29 is 22.7 Å². The van der Waals surface area contributed by atoms with Gasteiger partial charge in [0.25, 0.3) is 0 Å². The zero-order valence-electron chi connectivity index (χ0n) is 15.1. The van der Waals surface area contributed by atoms with Crippen molar-refractivity contribution in [1.82, 2.24) is 10.2 Å². The van der Waals surface area contributed by atoms with Crippen molar-refractivity contribution in [2.75, 3.05) is 20.3 Å². The second-order valence-electron chi connectivity index (χ2n) is 6.86. The first kappa shape index (κ1) is 20.7. The van der Waals surface area contributed by atoms with Crippen LogP contribution >= 0.6 is 0 Å². The first-order chi connectivity index (χ1) is 12.3. The number of hydrogen-bond donors (Lipinski definition) is 1. The van der Waals surface area contributed by atoms with E-state index < -0.39 is 25.3 Å². The maximum absolute atomic E-state index is 12.0. The highest BCUT2D eigenvalue weighted by Crippen LogP contribution is 2.23. The zero-order valence-corrected chi connectivity index (χ0v) is 15.1. The van der Waals surface area contributed by atoms with Crippen molar-refractivity contribution in [2.24, 2.45) is 0 Å². The number of ether oxygens (including phenoxy) is 1. The van der Waals surface area contributed by atoms with E-state index in [0.29, 0.717) is 6.04 Å². The van der Waals surface area contributed by atoms with Gasteiger partial charge in [0.05, 0.1) is 0 Å². The highest BCUT2D eigenvalue weighted by molar-refractivity contribution is 5.77. The van der Waals surface area contributed by atoms with E-state index in [-0.39, 0.29) is 6.54 Å². The summed E-state index contributed by atoms with van der Waals surface area (Å²) in [5.41, 5.74) is 2.09. The Kier molecular flexibility index (Phi) is 7.90. The minimum Gasteiger partial charge on any atom is -0.362 e. The van der Waals surface area contributed by atoms with Gasteiger partial charge in [-0.15, -0.1) is 0 Å². The van der Waals surface area contributed by atoms with Gasteiger partial charge in [0.15, 0.2) is 0 Å². The van der Waals surface area contributed by atoms with E-state index in [4.69, 9.17) is 0 Å². The highest BCUT2D eigenvalue weighted by atomic mass is 19.4. The van der Waals surface area contributed by atoms with Crippen molar-refractivity contribution >= 4 is 5.91 Å². The fraction of sp³-hybridized carbons (Fsp3) is 0.632. The first-order valence-electron chi connectivity index (χ1n) is 9.03. The number of nitrogens with one attached hydrogen (secondary N) is 1. The molecule has 1 fully saturated rings. The van der Waals surface area contributed by atoms with E-state index in [1.807, 2.05) is 24.3 Å². The molecule has 1 aliphatic rings. The Balaban J connectivity index is 1.83. The lowest BCUT2D eigenvalue weighted by atomic mass is 9.94. The molecule has 1 aliphatic carbocycles. The Morgan fingerprint density at radius 2 is 1.85 bits per heavy atom. The fourth-order valence-electron chi connectivity index (χ4n) is 3.31. The molecule has 4 nitrogen and oxygen atoms in total. The van der Waals surface area contributed by atoms with E-state index in [1.54, 1.807) is 0 Å². The minimum atomic E-state index is -4.42. The Bertz CT molecular complexity index is 572. The Morgan fingerprint density at radius 1 is 1.19 bits per heavy atom. The van der Waals surface area contributed by atoms with Crippen LogP contribution in [0.25, 0.3) is 0 Å². The molecule has 0 unspecified atom stereocenters. The molecule has 1 aromatic carbocycles. The fourth-order valence-corrected chi connectivity index (χ4v) is 3.31. The average Bonchev–Trinajstić information content (AvgIpc) is 2.60. The molecule has 0 atom stereocenters. The Labute approximate surface area is 152 Å². The molecule has 0 heterocycles. The van der Waals surface area contributed by atoms with Gasteiger partial charge >= 0.3 is 6.18 Å². The number of nitrogens with zero attached hydrogens (tertiary/aromatic N) is 1. The standard InChI is InChI=1S/C19H27F3N2O2/c1-24(17-9-3-2-4-10-17)12-16-8-6-5-7-15(16)11-23-18(25)13-26-14-19(20,21)22/h5-8,17H,2-4,9-14H2,1H3,(H,23,25). The van der Waals surface area contributed by atoms with E-state index in [9.17, 15) is 18.0 Å². The van der Waals surface area contributed by atoms with Crippen LogP contribution in [0.4, 0.5) is 13.2 Å². The normalized spacial score (nSPS) is 16.0. The van der Waals surface area contributed by atoms with Crippen LogP contribution in [0.1, 0.15) is 43.2 Å². The number of carbonyl (C=O) groups is 1. The number of benzene rings is 1. The van der Waals surface area contributed by atoms with Gasteiger partial charge in [0.1, 0.15) is 13.2 Å². The van der Waals surface area contributed by atoms with E-state index in [1.165, 1.54) is 32.1 Å². The molecule has 0 aromatic heterocycles. The largest absolute Gasteiger partial charge is 0.411 e. The lowest BCUT2D eigenvalue weighted by molar-refractivity contribution is -0.175. The van der Waals surface area contributed by atoms with Crippen LogP contribution in [-0.4, -0.2) is 43.3 Å². The Hall–Kier alpha value is -1.60. The topological polar surface area (TPSA) is 41.6 Å². The summed E-state index contributed by atoms with van der Waals surface area (Å²) in [5, 5.41) is 2.63. The van der Waals surface area contributed by atoms with Gasteiger partial charge in [-0.05, 0) is 31.0 Å². The molecule has 2 rings (SSSR count). The number of hydrogen-bond acceptors (Lipinski definition) is 3. The minimum absolute atomic E-state index is 0.281. The van der Waals surface area contributed by atoms with E-state index in [2.05, 4.69) is 22.0 Å². The van der Waals surface area contributed by atoms with Gasteiger partial charge in [0, 0.05) is 19.1 Å². The number of halogens is 3. The summed E-state index contributed by atoms with van der Waals surface area (Å²) in [6.45, 7) is -0.934. The SMILES string of the molecule is CN(Cc1ccccc1CNC(=O)COCC(F)(F)F)C1CCCCC1. The molecule has 1 amide bonds. The molecule has 0 spiro atoms. The summed E-state index contributed by atoms with van der Waals surface area (Å²) in [6.07, 6.45) is 1.85. The molecular weight excluding hydrogens is 345 g/mol. The van der Waals surface area contributed by atoms with Crippen LogP contribution in [0.15, 0.2) is 24.3 Å². The van der Waals surface area contributed by atoms with E-state index in [0.717, 1.165) is 17.7 Å². The van der Waals surface area contributed by atoms with Crippen molar-refractivity contribution in [1.29, 1.82) is 0 Å². The molecule has 0 saturated heterocycles. The molecule has 0 radical (unpaired) electrons. The zero-order chi connectivity index (χ0) is 19.0. The molecule has 7 heteroatoms. The third-order valence-corrected chi connectivity index (χ3v) is 4.71. The number of carbonyl (C=O) groups excluding carboxylic acids is 1. The van der Waals surface area contributed by atoms with Gasteiger partial charge in [0.2, 0.25) is 5.91 Å². The molecular formula is C19H27F3N2O2. The first-order valence-corrected chi connectivity index (χ1v) is 9.03. The lowest BCUT2D eigenvalue weighted by Crippen LogP contribution is -2.33. The monoisotopic (exact) mass is 372 g/mol. The maximum atomic E-state index is 12.0. The van der Waals surface area contributed by atoms with Crippen molar-refractivity contribution in [3.8, 4) is 0 Å². The number of amides is 1. The van der Waals surface area contributed by atoms with Gasteiger partial charge in [-0.1, -0.05) is 43.5 Å².